The van der Waals surface area contributed by atoms with Gasteiger partial charge < -0.3 is 51.6 Å². The van der Waals surface area contributed by atoms with E-state index >= 15 is 0 Å². The van der Waals surface area contributed by atoms with Gasteiger partial charge in [-0.3, -0.25) is 0 Å². The van der Waals surface area contributed by atoms with Crippen LogP contribution in [0.2, 0.25) is 0 Å². The summed E-state index contributed by atoms with van der Waals surface area (Å²) in [5.41, 5.74) is 0.377. The zero-order valence-electron chi connectivity index (χ0n) is 16.0. The van der Waals surface area contributed by atoms with Crippen molar-refractivity contribution >= 4 is 0 Å². The topological polar surface area (TPSA) is 79.6 Å². The third-order valence-corrected chi connectivity index (χ3v) is 4.08. The van der Waals surface area contributed by atoms with Gasteiger partial charge in [-0.05, 0) is 54.4 Å². The summed E-state index contributed by atoms with van der Waals surface area (Å²) in [6, 6.07) is 1.08. The van der Waals surface area contributed by atoms with E-state index in [1.54, 1.807) is 0 Å². The molecule has 2 unspecified atom stereocenters. The van der Waals surface area contributed by atoms with E-state index in [0.29, 0.717) is 12.1 Å². The first kappa shape index (κ1) is 32.5. The van der Waals surface area contributed by atoms with Gasteiger partial charge in [-0.25, -0.2) is 0 Å². The molecule has 152 valence electrons. The van der Waals surface area contributed by atoms with Gasteiger partial charge in [-0.2, -0.15) is 0 Å². The molecule has 6 N–H and O–H groups in total. The van der Waals surface area contributed by atoms with Crippen LogP contribution in [0.25, 0.3) is 0 Å². The second kappa shape index (κ2) is 15.0. The van der Waals surface area contributed by atoms with Crippen LogP contribution in [0.3, 0.4) is 0 Å². The Bertz CT molecular complexity index is 269. The summed E-state index contributed by atoms with van der Waals surface area (Å²) in [4.78, 5) is 0. The summed E-state index contributed by atoms with van der Waals surface area (Å²) < 4.78 is 0. The van der Waals surface area contributed by atoms with E-state index < -0.39 is 0 Å². The minimum atomic E-state index is 0. The molecule has 0 amide bonds. The zero-order valence-corrected chi connectivity index (χ0v) is 18.5. The predicted molar refractivity (Wildman–Crippen MR) is 91.9 cm³/mol. The average molecular weight is 432 g/mol. The van der Waals surface area contributed by atoms with Gasteiger partial charge in [-0.15, -0.1) is 0 Å². The Morgan fingerprint density at radius 1 is 0.667 bits per heavy atom. The maximum atomic E-state index is 3.67. The fraction of sp³-hybridized carbons (Fsp3) is 1.00. The number of hydrogen-bond acceptors (Lipinski definition) is 4. The van der Waals surface area contributed by atoms with Crippen LogP contribution in [-0.4, -0.2) is 54.8 Å². The first-order valence-electron chi connectivity index (χ1n) is 8.17. The van der Waals surface area contributed by atoms with Gasteiger partial charge in [0.05, 0.1) is 0 Å². The van der Waals surface area contributed by atoms with Crippen LogP contribution in [0.4, 0.5) is 0 Å². The Morgan fingerprint density at radius 2 is 0.958 bits per heavy atom. The molecule has 1 aliphatic heterocycles. The quantitative estimate of drug-likeness (QED) is 0.289. The second-order valence-electron chi connectivity index (χ2n) is 7.74. The normalized spacial score (nSPS) is 27.8. The van der Waals surface area contributed by atoms with Crippen LogP contribution in [0, 0.1) is 0 Å². The molecular formula is C16H38Cl2N4NiO. The van der Waals surface area contributed by atoms with Crippen molar-refractivity contribution in [3.05, 3.63) is 0 Å². The standard InChI is InChI=1S/C16H36N4.2ClH.Ni.H2O/c1-13-11-15(3,4)19-10-8-18-14(2)12-16(5,6)20-9-7-17-13;;;;/h13-14,17-20H,7-12H2,1-6H3;2*1H;;1H2/q;;;+2;/p-2. The van der Waals surface area contributed by atoms with E-state index in [1.165, 1.54) is 0 Å². The Labute approximate surface area is 171 Å². The van der Waals surface area contributed by atoms with Gasteiger partial charge in [0, 0.05) is 49.3 Å². The van der Waals surface area contributed by atoms with Crippen molar-refractivity contribution in [1.82, 2.24) is 21.3 Å². The summed E-state index contributed by atoms with van der Waals surface area (Å²) in [7, 11) is 0. The monoisotopic (exact) mass is 430 g/mol. The smallest absolute Gasteiger partial charge is 1.00 e. The van der Waals surface area contributed by atoms with E-state index in [2.05, 4.69) is 62.8 Å². The summed E-state index contributed by atoms with van der Waals surface area (Å²) in [6.45, 7) is 17.8. The first-order chi connectivity index (χ1) is 9.20. The van der Waals surface area contributed by atoms with E-state index in [1.807, 2.05) is 0 Å². The van der Waals surface area contributed by atoms with Crippen molar-refractivity contribution in [2.24, 2.45) is 0 Å². The van der Waals surface area contributed by atoms with Gasteiger partial charge in [0.1, 0.15) is 0 Å². The fourth-order valence-electron chi connectivity index (χ4n) is 3.26. The van der Waals surface area contributed by atoms with Crippen LogP contribution in [0.5, 0.6) is 0 Å². The molecule has 5 nitrogen and oxygen atoms in total. The fourth-order valence-corrected chi connectivity index (χ4v) is 3.26. The Morgan fingerprint density at radius 3 is 1.25 bits per heavy atom. The molecule has 0 aromatic heterocycles. The van der Waals surface area contributed by atoms with Crippen LogP contribution in [-0.2, 0) is 16.5 Å². The van der Waals surface area contributed by atoms with Gasteiger partial charge in [-0.1, -0.05) is 0 Å². The van der Waals surface area contributed by atoms with Crippen molar-refractivity contribution in [2.45, 2.75) is 77.5 Å². The summed E-state index contributed by atoms with van der Waals surface area (Å²) >= 11 is 0. The van der Waals surface area contributed by atoms with Crippen LogP contribution >= 0.6 is 0 Å². The van der Waals surface area contributed by atoms with Gasteiger partial charge in [0.25, 0.3) is 0 Å². The summed E-state index contributed by atoms with van der Waals surface area (Å²) in [5, 5.41) is 14.6. The molecule has 2 atom stereocenters. The minimum Gasteiger partial charge on any atom is -1.00 e. The van der Waals surface area contributed by atoms with Crippen molar-refractivity contribution in [3.8, 4) is 0 Å². The third kappa shape index (κ3) is 15.2. The van der Waals surface area contributed by atoms with Gasteiger partial charge in [0.2, 0.25) is 0 Å². The average Bonchev–Trinajstić information content (AvgIpc) is 2.28. The molecule has 0 aromatic rings. The molecule has 0 saturated carbocycles. The molecule has 8 heteroatoms. The van der Waals surface area contributed by atoms with Crippen molar-refractivity contribution < 1.29 is 46.8 Å². The molecule has 1 heterocycles. The van der Waals surface area contributed by atoms with Crippen molar-refractivity contribution in [2.75, 3.05) is 26.2 Å². The molecule has 0 aliphatic carbocycles. The molecule has 0 radical (unpaired) electrons. The first-order valence-corrected chi connectivity index (χ1v) is 8.17. The molecular weight excluding hydrogens is 394 g/mol. The molecule has 1 rings (SSSR count). The van der Waals surface area contributed by atoms with Crippen LogP contribution < -0.4 is 46.1 Å². The molecule has 1 saturated heterocycles. The van der Waals surface area contributed by atoms with E-state index in [-0.39, 0.29) is 57.9 Å². The number of halogens is 2. The Balaban J connectivity index is -0.000000500. The Hall–Kier alpha value is 0.874. The Kier molecular flexibility index (Phi) is 20.3. The largest absolute Gasteiger partial charge is 2.00 e. The number of rotatable bonds is 0. The minimum absolute atomic E-state index is 0. The zero-order chi connectivity index (χ0) is 15.2. The van der Waals surface area contributed by atoms with Crippen LogP contribution in [0.1, 0.15) is 54.4 Å². The maximum absolute atomic E-state index is 3.67. The van der Waals surface area contributed by atoms with E-state index in [0.717, 1.165) is 39.0 Å². The number of hydrogen-bond donors (Lipinski definition) is 4. The predicted octanol–water partition coefficient (Wildman–Crippen LogP) is -5.35. The molecule has 0 bridgehead atoms. The van der Waals surface area contributed by atoms with Crippen molar-refractivity contribution in [1.29, 1.82) is 0 Å². The summed E-state index contributed by atoms with van der Waals surface area (Å²) in [5.74, 6) is 0. The maximum Gasteiger partial charge on any atom is 2.00 e. The third-order valence-electron chi connectivity index (χ3n) is 4.08. The number of nitrogens with one attached hydrogen (secondary N) is 4. The second-order valence-corrected chi connectivity index (χ2v) is 7.74. The van der Waals surface area contributed by atoms with Gasteiger partial charge >= 0.3 is 16.5 Å². The molecule has 0 aromatic carbocycles. The molecule has 24 heavy (non-hydrogen) atoms. The SMILES string of the molecule is CC1CC(C)(C)NCCNC(C)CC(C)(C)NCCN1.O.[Cl-].[Cl-].[Ni+2]. The van der Waals surface area contributed by atoms with Crippen LogP contribution in [0.15, 0.2) is 0 Å². The van der Waals surface area contributed by atoms with Gasteiger partial charge in [0.15, 0.2) is 0 Å². The summed E-state index contributed by atoms with van der Waals surface area (Å²) in [6.07, 6.45) is 2.29. The van der Waals surface area contributed by atoms with E-state index in [4.69, 9.17) is 0 Å². The molecule has 1 aliphatic rings. The molecule has 1 fully saturated rings. The van der Waals surface area contributed by atoms with E-state index in [9.17, 15) is 0 Å². The molecule has 0 spiro atoms. The van der Waals surface area contributed by atoms with Crippen molar-refractivity contribution in [3.63, 3.8) is 0 Å².